The van der Waals surface area contributed by atoms with E-state index in [0.717, 1.165) is 0 Å². The standard InChI is InChI=1S/C9H18Cl.Sn/c1-3-5-7-9(10)8-6-4-2;/h3-8H2,1-2H3;/q;+3. The molecule has 0 aliphatic rings. The Hall–Kier alpha value is 1.09. The average molecular weight is 280 g/mol. The Morgan fingerprint density at radius 2 is 1.45 bits per heavy atom. The van der Waals surface area contributed by atoms with Crippen molar-refractivity contribution in [2.75, 3.05) is 0 Å². The molecule has 0 bridgehead atoms. The van der Waals surface area contributed by atoms with Crippen molar-refractivity contribution in [3.05, 3.63) is 0 Å². The van der Waals surface area contributed by atoms with E-state index in [2.05, 4.69) is 13.8 Å². The summed E-state index contributed by atoms with van der Waals surface area (Å²) in [5.41, 5.74) is 0. The fraction of sp³-hybridized carbons (Fsp3) is 1.00. The summed E-state index contributed by atoms with van der Waals surface area (Å²) < 4.78 is 0.165. The van der Waals surface area contributed by atoms with Gasteiger partial charge in [0.15, 0.2) is 0 Å². The molecule has 0 N–H and O–H groups in total. The molecule has 62 valence electrons. The Bertz CT molecular complexity index is 81.6. The quantitative estimate of drug-likeness (QED) is 0.516. The first-order chi connectivity index (χ1) is 5.12. The molecule has 0 aliphatic heterocycles. The van der Waals surface area contributed by atoms with Gasteiger partial charge < -0.3 is 0 Å². The van der Waals surface area contributed by atoms with Crippen LogP contribution >= 0.6 is 11.6 Å². The van der Waals surface area contributed by atoms with Crippen molar-refractivity contribution in [1.29, 1.82) is 0 Å². The van der Waals surface area contributed by atoms with Gasteiger partial charge in [-0.05, 0) is 0 Å². The minimum absolute atomic E-state index is 0.165. The SMILES string of the molecule is CCCC[C](Cl)([Sn+3])CCCC. The monoisotopic (exact) mass is 281 g/mol. The predicted molar refractivity (Wildman–Crippen MR) is 53.4 cm³/mol. The Kier molecular flexibility index (Phi) is 7.24. The first-order valence-electron chi connectivity index (χ1n) is 4.56. The van der Waals surface area contributed by atoms with Crippen LogP contribution in [0.1, 0.15) is 52.4 Å². The molecular formula is C9H18ClSn+3. The van der Waals surface area contributed by atoms with E-state index in [1.807, 2.05) is 0 Å². The zero-order valence-corrected chi connectivity index (χ0v) is 11.2. The van der Waals surface area contributed by atoms with E-state index in [1.165, 1.54) is 61.0 Å². The summed E-state index contributed by atoms with van der Waals surface area (Å²) in [5.74, 6) is 0. The normalized spacial score (nSPS) is 12.1. The summed E-state index contributed by atoms with van der Waals surface area (Å²) in [6, 6.07) is 0. The molecule has 0 radical (unpaired) electrons. The van der Waals surface area contributed by atoms with Crippen molar-refractivity contribution >= 4 is 34.1 Å². The molecule has 0 aliphatic carbocycles. The zero-order valence-electron chi connectivity index (χ0n) is 7.62. The Morgan fingerprint density at radius 1 is 1.09 bits per heavy atom. The Balaban J connectivity index is 3.43. The summed E-state index contributed by atoms with van der Waals surface area (Å²) in [6.07, 6.45) is 7.55. The molecule has 0 saturated carbocycles. The number of unbranched alkanes of at least 4 members (excludes halogenated alkanes) is 2. The molecule has 0 nitrogen and oxygen atoms in total. The van der Waals surface area contributed by atoms with Gasteiger partial charge >= 0.3 is 89.4 Å². The van der Waals surface area contributed by atoms with Crippen LogP contribution in [0.5, 0.6) is 0 Å². The van der Waals surface area contributed by atoms with Gasteiger partial charge in [-0.25, -0.2) is 0 Å². The molecule has 0 fully saturated rings. The Morgan fingerprint density at radius 3 is 1.73 bits per heavy atom. The van der Waals surface area contributed by atoms with Crippen molar-refractivity contribution in [2.24, 2.45) is 0 Å². The molecule has 0 saturated heterocycles. The molecule has 11 heavy (non-hydrogen) atoms. The maximum absolute atomic E-state index is 6.33. The Labute approximate surface area is 89.2 Å². The third kappa shape index (κ3) is 7.45. The van der Waals surface area contributed by atoms with Crippen LogP contribution in [0.2, 0.25) is 0 Å². The van der Waals surface area contributed by atoms with E-state index < -0.39 is 0 Å². The molecule has 0 amide bonds. The number of hydrogen-bond acceptors (Lipinski definition) is 0. The van der Waals surface area contributed by atoms with Crippen molar-refractivity contribution in [1.82, 2.24) is 0 Å². The van der Waals surface area contributed by atoms with Crippen LogP contribution in [0.25, 0.3) is 0 Å². The summed E-state index contributed by atoms with van der Waals surface area (Å²) in [4.78, 5) is 0. The summed E-state index contributed by atoms with van der Waals surface area (Å²) in [6.45, 7) is 4.45. The van der Waals surface area contributed by atoms with E-state index in [-0.39, 0.29) is 2.89 Å². The zero-order chi connectivity index (χ0) is 8.74. The van der Waals surface area contributed by atoms with Crippen LogP contribution in [-0.4, -0.2) is 25.4 Å². The van der Waals surface area contributed by atoms with Gasteiger partial charge in [0.1, 0.15) is 0 Å². The van der Waals surface area contributed by atoms with E-state index >= 15 is 0 Å². The van der Waals surface area contributed by atoms with Gasteiger partial charge in [0.25, 0.3) is 0 Å². The van der Waals surface area contributed by atoms with Gasteiger partial charge in [0, 0.05) is 0 Å². The molecule has 0 aromatic heterocycles. The van der Waals surface area contributed by atoms with Crippen molar-refractivity contribution < 1.29 is 0 Å². The third-order valence-corrected chi connectivity index (χ3v) is 3.66. The molecule has 0 rings (SSSR count). The second-order valence-corrected chi connectivity index (χ2v) is 7.53. The summed E-state index contributed by atoms with van der Waals surface area (Å²) in [5, 5.41) is 0. The van der Waals surface area contributed by atoms with E-state index in [4.69, 9.17) is 11.6 Å². The van der Waals surface area contributed by atoms with Gasteiger partial charge in [-0.3, -0.25) is 0 Å². The van der Waals surface area contributed by atoms with Crippen molar-refractivity contribution in [2.45, 2.75) is 55.3 Å². The second kappa shape index (κ2) is 6.59. The average Bonchev–Trinajstić information content (AvgIpc) is 1.97. The van der Waals surface area contributed by atoms with Crippen LogP contribution in [0, 0.1) is 0 Å². The molecule has 0 aromatic carbocycles. The number of hydrogen-bond donors (Lipinski definition) is 0. The van der Waals surface area contributed by atoms with Crippen LogP contribution < -0.4 is 0 Å². The molecular weight excluding hydrogens is 262 g/mol. The molecule has 0 unspecified atom stereocenters. The van der Waals surface area contributed by atoms with Gasteiger partial charge in [0.2, 0.25) is 0 Å². The molecule has 0 heterocycles. The van der Waals surface area contributed by atoms with Crippen LogP contribution in [-0.2, 0) is 0 Å². The number of rotatable bonds is 6. The fourth-order valence-electron chi connectivity index (χ4n) is 1.04. The van der Waals surface area contributed by atoms with E-state index in [1.54, 1.807) is 0 Å². The predicted octanol–water partition coefficient (Wildman–Crippen LogP) is 3.47. The van der Waals surface area contributed by atoms with Crippen molar-refractivity contribution in [3.63, 3.8) is 0 Å². The molecule has 0 atom stereocenters. The van der Waals surface area contributed by atoms with E-state index in [0.29, 0.717) is 0 Å². The van der Waals surface area contributed by atoms with Gasteiger partial charge in [-0.15, -0.1) is 0 Å². The first-order valence-corrected chi connectivity index (χ1v) is 6.37. The number of alkyl halides is 1. The van der Waals surface area contributed by atoms with Gasteiger partial charge in [-0.2, -0.15) is 0 Å². The first kappa shape index (κ1) is 12.1. The van der Waals surface area contributed by atoms with E-state index in [9.17, 15) is 0 Å². The third-order valence-electron chi connectivity index (χ3n) is 1.85. The molecule has 0 spiro atoms. The van der Waals surface area contributed by atoms with Crippen molar-refractivity contribution in [3.8, 4) is 0 Å². The van der Waals surface area contributed by atoms with Crippen LogP contribution in [0.15, 0.2) is 0 Å². The van der Waals surface area contributed by atoms with Gasteiger partial charge in [0.05, 0.1) is 0 Å². The maximum atomic E-state index is 6.33. The summed E-state index contributed by atoms with van der Waals surface area (Å²) in [7, 11) is 0. The minimum atomic E-state index is 0.165. The van der Waals surface area contributed by atoms with Crippen LogP contribution in [0.3, 0.4) is 0 Å². The second-order valence-electron chi connectivity index (χ2n) is 3.17. The summed E-state index contributed by atoms with van der Waals surface area (Å²) >= 11 is 7.84. The fourth-order valence-corrected chi connectivity index (χ4v) is 2.32. The number of halogens is 1. The van der Waals surface area contributed by atoms with Gasteiger partial charge in [-0.1, -0.05) is 0 Å². The van der Waals surface area contributed by atoms with Crippen LogP contribution in [0.4, 0.5) is 0 Å². The topological polar surface area (TPSA) is 0 Å². The molecule has 0 aromatic rings. The molecule has 2 heteroatoms.